The predicted octanol–water partition coefficient (Wildman–Crippen LogP) is 0.869. The van der Waals surface area contributed by atoms with Gasteiger partial charge >= 0.3 is 0 Å². The third kappa shape index (κ3) is 3.77. The van der Waals surface area contributed by atoms with Crippen LogP contribution in [0.5, 0.6) is 0 Å². The highest BCUT2D eigenvalue weighted by molar-refractivity contribution is 5.92. The topological polar surface area (TPSA) is 92.9 Å². The van der Waals surface area contributed by atoms with Gasteiger partial charge in [0.1, 0.15) is 5.69 Å². The second-order valence-corrected chi connectivity index (χ2v) is 3.80. The van der Waals surface area contributed by atoms with Gasteiger partial charge in [-0.15, -0.1) is 0 Å². The maximum absolute atomic E-state index is 11.8. The monoisotopic (exact) mass is 261 g/mol. The van der Waals surface area contributed by atoms with Gasteiger partial charge in [-0.05, 0) is 19.1 Å². The first kappa shape index (κ1) is 13.0. The summed E-state index contributed by atoms with van der Waals surface area (Å²) in [5.74, 6) is 0.276. The van der Waals surface area contributed by atoms with Crippen molar-refractivity contribution in [3.05, 3.63) is 36.2 Å². The normalized spacial score (nSPS) is 10.2. The smallest absolute Gasteiger partial charge is 0.269 e. The maximum atomic E-state index is 11.8. The number of pyridine rings is 1. The lowest BCUT2D eigenvalue weighted by atomic mass is 10.3. The molecule has 2 aromatic heterocycles. The highest BCUT2D eigenvalue weighted by atomic mass is 16.5. The molecule has 0 saturated heterocycles. The number of hydrogen-bond acceptors (Lipinski definition) is 6. The first-order valence-corrected chi connectivity index (χ1v) is 6.03. The van der Waals surface area contributed by atoms with Crippen molar-refractivity contribution in [3.63, 3.8) is 0 Å². The number of amides is 1. The van der Waals surface area contributed by atoms with E-state index >= 15 is 0 Å². The molecule has 7 nitrogen and oxygen atoms in total. The lowest BCUT2D eigenvalue weighted by Gasteiger charge is -2.05. The van der Waals surface area contributed by atoms with E-state index in [-0.39, 0.29) is 5.91 Å². The van der Waals surface area contributed by atoms with Crippen molar-refractivity contribution in [1.29, 1.82) is 0 Å². The Morgan fingerprint density at radius 1 is 1.37 bits per heavy atom. The fourth-order valence-electron chi connectivity index (χ4n) is 1.52. The van der Waals surface area contributed by atoms with Gasteiger partial charge in [0.05, 0.1) is 11.9 Å². The standard InChI is InChI=1S/C12H15N5O2/c1-2-13-9-3-4-10(15-7-9)12(18)14-6-5-11-16-8-17-19-11/h3-4,7-8,13H,2,5-6H2,1H3,(H,14,18). The van der Waals surface area contributed by atoms with Crippen LogP contribution in [0.15, 0.2) is 29.2 Å². The van der Waals surface area contributed by atoms with E-state index in [1.54, 1.807) is 12.3 Å². The van der Waals surface area contributed by atoms with E-state index in [1.165, 1.54) is 6.33 Å². The van der Waals surface area contributed by atoms with Gasteiger partial charge in [-0.3, -0.25) is 4.79 Å². The molecule has 0 aromatic carbocycles. The minimum Gasteiger partial charge on any atom is -0.384 e. The molecule has 2 heterocycles. The second-order valence-electron chi connectivity index (χ2n) is 3.80. The molecule has 0 atom stereocenters. The largest absolute Gasteiger partial charge is 0.384 e. The Bertz CT molecular complexity index is 509. The van der Waals surface area contributed by atoms with Crippen LogP contribution in [0, 0.1) is 0 Å². The van der Waals surface area contributed by atoms with Crippen molar-refractivity contribution in [2.24, 2.45) is 0 Å². The van der Waals surface area contributed by atoms with E-state index in [0.29, 0.717) is 24.6 Å². The Balaban J connectivity index is 1.82. The summed E-state index contributed by atoms with van der Waals surface area (Å²) in [6.07, 6.45) is 3.47. The molecule has 0 radical (unpaired) electrons. The van der Waals surface area contributed by atoms with Crippen molar-refractivity contribution in [2.45, 2.75) is 13.3 Å². The Kier molecular flexibility index (Phi) is 4.44. The molecule has 0 aliphatic heterocycles. The molecule has 2 rings (SSSR count). The van der Waals surface area contributed by atoms with Crippen LogP contribution in [0.4, 0.5) is 5.69 Å². The number of carbonyl (C=O) groups excluding carboxylic acids is 1. The SMILES string of the molecule is CCNc1ccc(C(=O)NCCc2ncno2)nc1. The molecule has 1 amide bonds. The van der Waals surface area contributed by atoms with Gasteiger partial charge in [0.25, 0.3) is 5.91 Å². The van der Waals surface area contributed by atoms with Crippen molar-refractivity contribution in [3.8, 4) is 0 Å². The fourth-order valence-corrected chi connectivity index (χ4v) is 1.52. The lowest BCUT2D eigenvalue weighted by Crippen LogP contribution is -2.26. The molecule has 2 N–H and O–H groups in total. The summed E-state index contributed by atoms with van der Waals surface area (Å²) in [5, 5.41) is 9.34. The van der Waals surface area contributed by atoms with Gasteiger partial charge in [-0.2, -0.15) is 4.98 Å². The van der Waals surface area contributed by atoms with Crippen LogP contribution >= 0.6 is 0 Å². The molecule has 0 fully saturated rings. The third-order valence-corrected chi connectivity index (χ3v) is 2.41. The van der Waals surface area contributed by atoms with Crippen molar-refractivity contribution >= 4 is 11.6 Å². The quantitative estimate of drug-likeness (QED) is 0.801. The molecule has 0 bridgehead atoms. The average Bonchev–Trinajstić information content (AvgIpc) is 2.93. The minimum atomic E-state index is -0.220. The summed E-state index contributed by atoms with van der Waals surface area (Å²) < 4.78 is 4.83. The number of hydrogen-bond donors (Lipinski definition) is 2. The summed E-state index contributed by atoms with van der Waals surface area (Å²) >= 11 is 0. The van der Waals surface area contributed by atoms with Crippen LogP contribution in [0.25, 0.3) is 0 Å². The molecular formula is C12H15N5O2. The molecule has 19 heavy (non-hydrogen) atoms. The lowest BCUT2D eigenvalue weighted by molar-refractivity contribution is 0.0948. The van der Waals surface area contributed by atoms with Gasteiger partial charge in [0.2, 0.25) is 5.89 Å². The zero-order valence-corrected chi connectivity index (χ0v) is 10.6. The molecular weight excluding hydrogens is 246 g/mol. The molecule has 0 aliphatic carbocycles. The molecule has 0 unspecified atom stereocenters. The van der Waals surface area contributed by atoms with Gasteiger partial charge in [0, 0.05) is 19.5 Å². The van der Waals surface area contributed by atoms with Crippen LogP contribution in [-0.2, 0) is 6.42 Å². The summed E-state index contributed by atoms with van der Waals surface area (Å²) in [7, 11) is 0. The van der Waals surface area contributed by atoms with Gasteiger partial charge in [-0.1, -0.05) is 5.16 Å². The van der Waals surface area contributed by atoms with Crippen LogP contribution in [0.1, 0.15) is 23.3 Å². The van der Waals surface area contributed by atoms with E-state index < -0.39 is 0 Å². The number of aromatic nitrogens is 3. The van der Waals surface area contributed by atoms with E-state index in [2.05, 4.69) is 25.8 Å². The second kappa shape index (κ2) is 6.48. The number of rotatable bonds is 6. The highest BCUT2D eigenvalue weighted by Gasteiger charge is 2.07. The first-order valence-electron chi connectivity index (χ1n) is 6.03. The highest BCUT2D eigenvalue weighted by Crippen LogP contribution is 2.05. The summed E-state index contributed by atoms with van der Waals surface area (Å²) in [6.45, 7) is 3.24. The van der Waals surface area contributed by atoms with E-state index in [0.717, 1.165) is 12.2 Å². The summed E-state index contributed by atoms with van der Waals surface area (Å²) in [5.41, 5.74) is 1.28. The summed E-state index contributed by atoms with van der Waals surface area (Å²) in [6, 6.07) is 3.50. The zero-order chi connectivity index (χ0) is 13.5. The molecule has 7 heteroatoms. The fraction of sp³-hybridized carbons (Fsp3) is 0.333. The molecule has 2 aromatic rings. The number of nitrogens with one attached hydrogen (secondary N) is 2. The number of anilines is 1. The van der Waals surface area contributed by atoms with Crippen LogP contribution < -0.4 is 10.6 Å². The van der Waals surface area contributed by atoms with Crippen LogP contribution in [0.3, 0.4) is 0 Å². The number of carbonyl (C=O) groups is 1. The molecule has 100 valence electrons. The Labute approximate surface area is 110 Å². The van der Waals surface area contributed by atoms with Crippen molar-refractivity contribution in [1.82, 2.24) is 20.4 Å². The Morgan fingerprint density at radius 3 is 2.89 bits per heavy atom. The average molecular weight is 261 g/mol. The first-order chi connectivity index (χ1) is 9.29. The van der Waals surface area contributed by atoms with Crippen molar-refractivity contribution < 1.29 is 9.32 Å². The molecule has 0 spiro atoms. The Hall–Kier alpha value is -2.44. The van der Waals surface area contributed by atoms with Crippen LogP contribution in [-0.4, -0.2) is 34.1 Å². The van der Waals surface area contributed by atoms with Gasteiger partial charge in [-0.25, -0.2) is 4.98 Å². The minimum absolute atomic E-state index is 0.220. The Morgan fingerprint density at radius 2 is 2.26 bits per heavy atom. The third-order valence-electron chi connectivity index (χ3n) is 2.41. The predicted molar refractivity (Wildman–Crippen MR) is 68.7 cm³/mol. The summed E-state index contributed by atoms with van der Waals surface area (Å²) in [4.78, 5) is 19.7. The molecule has 0 saturated carbocycles. The maximum Gasteiger partial charge on any atom is 0.269 e. The van der Waals surface area contributed by atoms with Gasteiger partial charge < -0.3 is 15.2 Å². The van der Waals surface area contributed by atoms with Crippen molar-refractivity contribution in [2.75, 3.05) is 18.4 Å². The molecule has 0 aliphatic rings. The zero-order valence-electron chi connectivity index (χ0n) is 10.6. The van der Waals surface area contributed by atoms with Gasteiger partial charge in [0.15, 0.2) is 6.33 Å². The van der Waals surface area contributed by atoms with Crippen LogP contribution in [0.2, 0.25) is 0 Å². The van der Waals surface area contributed by atoms with E-state index in [1.807, 2.05) is 13.0 Å². The van der Waals surface area contributed by atoms with E-state index in [9.17, 15) is 4.79 Å². The number of nitrogens with zero attached hydrogens (tertiary/aromatic N) is 3. The van der Waals surface area contributed by atoms with E-state index in [4.69, 9.17) is 4.52 Å².